The predicted octanol–water partition coefficient (Wildman–Crippen LogP) is 1.66. The number of carbonyl (C=O) groups excluding carboxylic acids is 1. The largest absolute Gasteiger partial charge is 0.450 e. The Bertz CT molecular complexity index is 632. The third-order valence-corrected chi connectivity index (χ3v) is 5.28. The molecule has 1 aliphatic heterocycles. The van der Waals surface area contributed by atoms with Crippen LogP contribution in [0.15, 0.2) is 29.2 Å². The number of sulfonamides is 1. The standard InChI is InChI=1S/C14H20N2O5S/c1-3-21-14(17)15-12-5-4-6-13(9-12)22(18,19)16-7-8-20-10-11(16)2/h4-6,9,11H,3,7-8,10H2,1-2H3,(H,15,17). The predicted molar refractivity (Wildman–Crippen MR) is 81.3 cm³/mol. The number of rotatable bonds is 4. The highest BCUT2D eigenvalue weighted by Gasteiger charge is 2.31. The van der Waals surface area contributed by atoms with Crippen LogP contribution in [0.5, 0.6) is 0 Å². The monoisotopic (exact) mass is 328 g/mol. The fourth-order valence-corrected chi connectivity index (χ4v) is 3.87. The van der Waals surface area contributed by atoms with Crippen molar-refractivity contribution in [3.8, 4) is 0 Å². The summed E-state index contributed by atoms with van der Waals surface area (Å²) in [5.41, 5.74) is 0.375. The average molecular weight is 328 g/mol. The van der Waals surface area contributed by atoms with E-state index in [0.29, 0.717) is 25.4 Å². The first kappa shape index (κ1) is 16.7. The molecule has 1 fully saturated rings. The third-order valence-electron chi connectivity index (χ3n) is 3.27. The number of carbonyl (C=O) groups is 1. The van der Waals surface area contributed by atoms with Gasteiger partial charge in [-0.05, 0) is 32.0 Å². The van der Waals surface area contributed by atoms with Gasteiger partial charge in [0.1, 0.15) is 0 Å². The molecule has 0 saturated carbocycles. The van der Waals surface area contributed by atoms with Crippen LogP contribution in [0.2, 0.25) is 0 Å². The maximum Gasteiger partial charge on any atom is 0.411 e. The minimum atomic E-state index is -3.62. The summed E-state index contributed by atoms with van der Waals surface area (Å²) in [5.74, 6) is 0. The van der Waals surface area contributed by atoms with Gasteiger partial charge < -0.3 is 9.47 Å². The van der Waals surface area contributed by atoms with Gasteiger partial charge in [-0.1, -0.05) is 6.07 Å². The van der Waals surface area contributed by atoms with Crippen LogP contribution in [0, 0.1) is 0 Å². The molecule has 1 amide bonds. The summed E-state index contributed by atoms with van der Waals surface area (Å²) in [4.78, 5) is 11.6. The SMILES string of the molecule is CCOC(=O)Nc1cccc(S(=O)(=O)N2CCOCC2C)c1. The van der Waals surface area contributed by atoms with Gasteiger partial charge in [-0.2, -0.15) is 4.31 Å². The first-order valence-electron chi connectivity index (χ1n) is 7.08. The van der Waals surface area contributed by atoms with Crippen LogP contribution in [0.25, 0.3) is 0 Å². The van der Waals surface area contributed by atoms with Gasteiger partial charge in [-0.3, -0.25) is 5.32 Å². The van der Waals surface area contributed by atoms with Crippen LogP contribution in [-0.4, -0.2) is 51.2 Å². The molecule has 2 rings (SSSR count). The minimum Gasteiger partial charge on any atom is -0.450 e. The van der Waals surface area contributed by atoms with E-state index < -0.39 is 16.1 Å². The van der Waals surface area contributed by atoms with Crippen molar-refractivity contribution in [3.05, 3.63) is 24.3 Å². The second-order valence-corrected chi connectivity index (χ2v) is 6.80. The van der Waals surface area contributed by atoms with Gasteiger partial charge in [0.05, 0.1) is 24.7 Å². The number of ether oxygens (including phenoxy) is 2. The Balaban J connectivity index is 2.22. The lowest BCUT2D eigenvalue weighted by Crippen LogP contribution is -2.46. The van der Waals surface area contributed by atoms with Gasteiger partial charge in [0.25, 0.3) is 0 Å². The highest BCUT2D eigenvalue weighted by Crippen LogP contribution is 2.23. The number of hydrogen-bond acceptors (Lipinski definition) is 5. The van der Waals surface area contributed by atoms with Crippen molar-refractivity contribution in [2.24, 2.45) is 0 Å². The van der Waals surface area contributed by atoms with Crippen molar-refractivity contribution in [3.63, 3.8) is 0 Å². The molecule has 0 spiro atoms. The number of anilines is 1. The average Bonchev–Trinajstić information content (AvgIpc) is 2.48. The molecule has 1 aromatic rings. The van der Waals surface area contributed by atoms with Gasteiger partial charge in [0.15, 0.2) is 0 Å². The van der Waals surface area contributed by atoms with Crippen molar-refractivity contribution in [2.75, 3.05) is 31.7 Å². The Morgan fingerprint density at radius 2 is 2.27 bits per heavy atom. The van der Waals surface area contributed by atoms with E-state index in [2.05, 4.69) is 5.32 Å². The fourth-order valence-electron chi connectivity index (χ4n) is 2.22. The molecule has 0 aromatic heterocycles. The van der Waals surface area contributed by atoms with E-state index in [1.807, 2.05) is 0 Å². The molecule has 1 unspecified atom stereocenters. The first-order valence-corrected chi connectivity index (χ1v) is 8.52. The summed E-state index contributed by atoms with van der Waals surface area (Å²) in [7, 11) is -3.62. The molecule has 1 N–H and O–H groups in total. The molecular formula is C14H20N2O5S. The van der Waals surface area contributed by atoms with Crippen molar-refractivity contribution < 1.29 is 22.7 Å². The van der Waals surface area contributed by atoms with E-state index in [9.17, 15) is 13.2 Å². The fraction of sp³-hybridized carbons (Fsp3) is 0.500. The van der Waals surface area contributed by atoms with E-state index in [4.69, 9.17) is 9.47 Å². The van der Waals surface area contributed by atoms with Crippen LogP contribution < -0.4 is 5.32 Å². The third kappa shape index (κ3) is 3.76. The molecule has 1 heterocycles. The molecule has 1 atom stereocenters. The van der Waals surface area contributed by atoms with E-state index in [0.717, 1.165) is 0 Å². The lowest BCUT2D eigenvalue weighted by Gasteiger charge is -2.32. The van der Waals surface area contributed by atoms with Crippen LogP contribution in [-0.2, 0) is 19.5 Å². The number of amides is 1. The Kier molecular flexibility index (Phi) is 5.38. The van der Waals surface area contributed by atoms with Gasteiger partial charge in [-0.15, -0.1) is 0 Å². The zero-order valence-corrected chi connectivity index (χ0v) is 13.4. The summed E-state index contributed by atoms with van der Waals surface area (Å²) in [6, 6.07) is 5.90. The number of hydrogen-bond donors (Lipinski definition) is 1. The van der Waals surface area contributed by atoms with Gasteiger partial charge in [-0.25, -0.2) is 13.2 Å². The minimum absolute atomic E-state index is 0.135. The quantitative estimate of drug-likeness (QED) is 0.908. The van der Waals surface area contributed by atoms with Crippen molar-refractivity contribution >= 4 is 21.8 Å². The van der Waals surface area contributed by atoms with Crippen molar-refractivity contribution in [1.29, 1.82) is 0 Å². The lowest BCUT2D eigenvalue weighted by molar-refractivity contribution is 0.0393. The molecule has 8 heteroatoms. The molecule has 1 aromatic carbocycles. The molecule has 1 saturated heterocycles. The zero-order valence-electron chi connectivity index (χ0n) is 12.6. The highest BCUT2D eigenvalue weighted by molar-refractivity contribution is 7.89. The Morgan fingerprint density at radius 3 is 2.95 bits per heavy atom. The van der Waals surface area contributed by atoms with Crippen LogP contribution in [0.3, 0.4) is 0 Å². The molecule has 1 aliphatic rings. The summed E-state index contributed by atoms with van der Waals surface area (Å²) in [6.07, 6.45) is -0.614. The molecular weight excluding hydrogens is 308 g/mol. The summed E-state index contributed by atoms with van der Waals surface area (Å²) < 4.78 is 36.8. The smallest absolute Gasteiger partial charge is 0.411 e. The van der Waals surface area contributed by atoms with Gasteiger partial charge >= 0.3 is 6.09 Å². The summed E-state index contributed by atoms with van der Waals surface area (Å²) in [6.45, 7) is 4.82. The maximum atomic E-state index is 12.7. The normalized spacial score (nSPS) is 19.6. The van der Waals surface area contributed by atoms with Gasteiger partial charge in [0.2, 0.25) is 10.0 Å². The van der Waals surface area contributed by atoms with Crippen LogP contribution in [0.4, 0.5) is 10.5 Å². The van der Waals surface area contributed by atoms with Gasteiger partial charge in [0, 0.05) is 18.3 Å². The first-order chi connectivity index (χ1) is 10.4. The molecule has 7 nitrogen and oxygen atoms in total. The van der Waals surface area contributed by atoms with Crippen molar-refractivity contribution in [2.45, 2.75) is 24.8 Å². The van der Waals surface area contributed by atoms with E-state index >= 15 is 0 Å². The van der Waals surface area contributed by atoms with E-state index in [1.54, 1.807) is 26.0 Å². The number of morpholine rings is 1. The Labute approximate surface area is 130 Å². The second-order valence-electron chi connectivity index (χ2n) is 4.91. The molecule has 122 valence electrons. The molecule has 22 heavy (non-hydrogen) atoms. The topological polar surface area (TPSA) is 84.9 Å². The molecule has 0 aliphatic carbocycles. The Morgan fingerprint density at radius 1 is 1.50 bits per heavy atom. The lowest BCUT2D eigenvalue weighted by atomic mass is 10.3. The second kappa shape index (κ2) is 7.08. The Hall–Kier alpha value is -1.64. The van der Waals surface area contributed by atoms with E-state index in [1.165, 1.54) is 16.4 Å². The van der Waals surface area contributed by atoms with Crippen LogP contribution >= 0.6 is 0 Å². The molecule has 0 bridgehead atoms. The summed E-state index contributed by atoms with van der Waals surface area (Å²) in [5, 5.41) is 2.50. The highest BCUT2D eigenvalue weighted by atomic mass is 32.2. The zero-order chi connectivity index (χ0) is 16.2. The van der Waals surface area contributed by atoms with Crippen molar-refractivity contribution in [1.82, 2.24) is 4.31 Å². The van der Waals surface area contributed by atoms with E-state index in [-0.39, 0.29) is 17.5 Å². The summed E-state index contributed by atoms with van der Waals surface area (Å²) >= 11 is 0. The maximum absolute atomic E-state index is 12.7. The number of benzene rings is 1. The molecule has 0 radical (unpaired) electrons. The number of nitrogens with one attached hydrogen (secondary N) is 1. The van der Waals surface area contributed by atoms with Crippen LogP contribution in [0.1, 0.15) is 13.8 Å². The number of nitrogens with zero attached hydrogens (tertiary/aromatic N) is 1.